The number of aliphatic hydroxyl groups is 1. The van der Waals surface area contributed by atoms with Gasteiger partial charge in [0.1, 0.15) is 0 Å². The Kier molecular flexibility index (Phi) is 9.71. The molecule has 140 valence electrons. The molecule has 0 saturated carbocycles. The highest BCUT2D eigenvalue weighted by molar-refractivity contribution is 6.90. The molecule has 0 aromatic heterocycles. The zero-order valence-corrected chi connectivity index (χ0v) is 20.9. The average Bonchev–Trinajstić information content (AvgIpc) is 2.29. The standard InChI is InChI=1S/C15H40O4Si4/c1-10-11-14-22(8,9)19-23(15-12-13-16,17-20(2,3)4)18-21(5,6)7/h16H,10-15H2,1-9H3. The smallest absolute Gasteiger partial charge is 0.417 e. The molecule has 0 aliphatic rings. The van der Waals surface area contributed by atoms with Gasteiger partial charge in [-0.3, -0.25) is 0 Å². The topological polar surface area (TPSA) is 47.9 Å². The lowest BCUT2D eigenvalue weighted by Crippen LogP contribution is -2.61. The zero-order valence-electron chi connectivity index (χ0n) is 16.9. The lowest BCUT2D eigenvalue weighted by molar-refractivity contribution is 0.235. The minimum Gasteiger partial charge on any atom is -0.417 e. The summed E-state index contributed by atoms with van der Waals surface area (Å²) in [4.78, 5) is 0. The fourth-order valence-corrected chi connectivity index (χ4v) is 18.4. The molecule has 0 aromatic rings. The molecule has 0 amide bonds. The van der Waals surface area contributed by atoms with Crippen LogP contribution in [0, 0.1) is 0 Å². The predicted octanol–water partition coefficient (Wildman–Crippen LogP) is 5.03. The quantitative estimate of drug-likeness (QED) is 0.470. The molecule has 0 heterocycles. The van der Waals surface area contributed by atoms with Gasteiger partial charge in [-0.2, -0.15) is 0 Å². The van der Waals surface area contributed by atoms with E-state index in [-0.39, 0.29) is 6.61 Å². The van der Waals surface area contributed by atoms with Gasteiger partial charge in [0.05, 0.1) is 0 Å². The minimum atomic E-state index is -2.75. The molecule has 0 aliphatic heterocycles. The first kappa shape index (κ1) is 23.7. The summed E-state index contributed by atoms with van der Waals surface area (Å²) in [6.07, 6.45) is 3.08. The van der Waals surface area contributed by atoms with E-state index in [2.05, 4.69) is 59.3 Å². The maximum absolute atomic E-state index is 9.36. The first-order valence-corrected chi connectivity index (χ1v) is 20.8. The molecule has 4 nitrogen and oxygen atoms in total. The number of aliphatic hydroxyl groups excluding tert-OH is 1. The lowest BCUT2D eigenvalue weighted by Gasteiger charge is -2.43. The van der Waals surface area contributed by atoms with E-state index in [4.69, 9.17) is 12.3 Å². The SMILES string of the molecule is CCCC[Si](C)(C)O[Si](CCCO)(O[Si](C)(C)C)O[Si](C)(C)C. The molecule has 0 aromatic carbocycles. The third-order valence-electron chi connectivity index (χ3n) is 3.13. The Bertz CT molecular complexity index is 321. The molecule has 0 unspecified atom stereocenters. The summed E-state index contributed by atoms with van der Waals surface area (Å²) in [6.45, 7) is 20.1. The van der Waals surface area contributed by atoms with Crippen molar-refractivity contribution in [3.05, 3.63) is 0 Å². The summed E-state index contributed by atoms with van der Waals surface area (Å²) in [6, 6.07) is 1.88. The van der Waals surface area contributed by atoms with Crippen molar-refractivity contribution in [1.82, 2.24) is 0 Å². The van der Waals surface area contributed by atoms with Crippen molar-refractivity contribution in [1.29, 1.82) is 0 Å². The summed E-state index contributed by atoms with van der Waals surface area (Å²) >= 11 is 0. The Morgan fingerprint density at radius 2 is 1.17 bits per heavy atom. The maximum Gasteiger partial charge on any atom is 0.469 e. The van der Waals surface area contributed by atoms with E-state index in [0.29, 0.717) is 6.42 Å². The van der Waals surface area contributed by atoms with Crippen molar-refractivity contribution in [2.75, 3.05) is 6.61 Å². The highest BCUT2D eigenvalue weighted by atomic mass is 28.5. The number of hydrogen-bond acceptors (Lipinski definition) is 4. The fraction of sp³-hybridized carbons (Fsp3) is 1.00. The van der Waals surface area contributed by atoms with E-state index in [1.54, 1.807) is 0 Å². The van der Waals surface area contributed by atoms with E-state index < -0.39 is 33.8 Å². The zero-order chi connectivity index (χ0) is 18.4. The van der Waals surface area contributed by atoms with E-state index in [9.17, 15) is 5.11 Å². The molecule has 0 fully saturated rings. The van der Waals surface area contributed by atoms with E-state index >= 15 is 0 Å². The van der Waals surface area contributed by atoms with Gasteiger partial charge in [0.25, 0.3) is 0 Å². The van der Waals surface area contributed by atoms with E-state index in [1.165, 1.54) is 12.8 Å². The van der Waals surface area contributed by atoms with Crippen LogP contribution < -0.4 is 0 Å². The summed E-state index contributed by atoms with van der Waals surface area (Å²) in [5, 5.41) is 9.36. The Morgan fingerprint density at radius 3 is 1.52 bits per heavy atom. The van der Waals surface area contributed by atoms with Crippen molar-refractivity contribution in [2.24, 2.45) is 0 Å². The molecule has 0 bridgehead atoms. The van der Waals surface area contributed by atoms with Crippen molar-refractivity contribution in [2.45, 2.75) is 90.7 Å². The monoisotopic (exact) mass is 396 g/mol. The van der Waals surface area contributed by atoms with Gasteiger partial charge in [0.2, 0.25) is 0 Å². The Hall–Kier alpha value is 0.708. The molecule has 23 heavy (non-hydrogen) atoms. The molecule has 0 spiro atoms. The van der Waals surface area contributed by atoms with E-state index in [1.807, 2.05) is 0 Å². The van der Waals surface area contributed by atoms with Crippen LogP contribution in [0.25, 0.3) is 0 Å². The summed E-state index contributed by atoms with van der Waals surface area (Å²) < 4.78 is 20.0. The molecular weight excluding hydrogens is 357 g/mol. The minimum absolute atomic E-state index is 0.166. The average molecular weight is 397 g/mol. The third-order valence-corrected chi connectivity index (χ3v) is 16.5. The van der Waals surface area contributed by atoms with Crippen LogP contribution in [-0.4, -0.2) is 45.5 Å². The van der Waals surface area contributed by atoms with Gasteiger partial charge in [-0.25, -0.2) is 0 Å². The molecule has 1 N–H and O–H groups in total. The maximum atomic E-state index is 9.36. The van der Waals surface area contributed by atoms with Crippen molar-refractivity contribution >= 4 is 33.8 Å². The third kappa shape index (κ3) is 11.8. The Labute approximate surface area is 148 Å². The molecule has 0 radical (unpaired) electrons. The van der Waals surface area contributed by atoms with Crippen LogP contribution in [0.5, 0.6) is 0 Å². The molecule has 8 heteroatoms. The number of rotatable bonds is 12. The molecule has 0 saturated heterocycles. The van der Waals surface area contributed by atoms with Gasteiger partial charge in [-0.1, -0.05) is 19.8 Å². The van der Waals surface area contributed by atoms with Crippen LogP contribution in [0.3, 0.4) is 0 Å². The van der Waals surface area contributed by atoms with Crippen LogP contribution in [0.15, 0.2) is 0 Å². The second kappa shape index (κ2) is 9.42. The molecule has 0 aliphatic carbocycles. The van der Waals surface area contributed by atoms with Crippen LogP contribution in [-0.2, 0) is 12.3 Å². The molecular formula is C15H40O4Si4. The second-order valence-corrected chi connectivity index (χ2v) is 25.7. The van der Waals surface area contributed by atoms with Crippen molar-refractivity contribution in [3.63, 3.8) is 0 Å². The summed E-state index contributed by atoms with van der Waals surface area (Å²) in [5.41, 5.74) is 0. The number of hydrogen-bond donors (Lipinski definition) is 1. The number of unbranched alkanes of at least 4 members (excludes halogenated alkanes) is 1. The predicted molar refractivity (Wildman–Crippen MR) is 109 cm³/mol. The second-order valence-electron chi connectivity index (χ2n) is 8.90. The van der Waals surface area contributed by atoms with Gasteiger partial charge < -0.3 is 17.5 Å². The van der Waals surface area contributed by atoms with Crippen LogP contribution in [0.1, 0.15) is 26.2 Å². The van der Waals surface area contributed by atoms with Gasteiger partial charge in [-0.15, -0.1) is 0 Å². The Morgan fingerprint density at radius 1 is 0.696 bits per heavy atom. The van der Waals surface area contributed by atoms with Gasteiger partial charge in [0, 0.05) is 12.7 Å². The van der Waals surface area contributed by atoms with Crippen LogP contribution in [0.2, 0.25) is 64.5 Å². The van der Waals surface area contributed by atoms with Crippen molar-refractivity contribution < 1.29 is 17.5 Å². The largest absolute Gasteiger partial charge is 0.469 e. The lowest BCUT2D eigenvalue weighted by atomic mass is 10.4. The van der Waals surface area contributed by atoms with Gasteiger partial charge in [-0.05, 0) is 64.8 Å². The van der Waals surface area contributed by atoms with Gasteiger partial charge in [0.15, 0.2) is 25.0 Å². The highest BCUT2D eigenvalue weighted by Crippen LogP contribution is 2.31. The first-order chi connectivity index (χ1) is 10.2. The first-order valence-electron chi connectivity index (χ1n) is 8.96. The molecule has 0 atom stereocenters. The van der Waals surface area contributed by atoms with Crippen LogP contribution >= 0.6 is 0 Å². The summed E-state index contributed by atoms with van der Waals surface area (Å²) in [7, 11) is -8.18. The Balaban J connectivity index is 5.49. The van der Waals surface area contributed by atoms with Crippen LogP contribution in [0.4, 0.5) is 0 Å². The highest BCUT2D eigenvalue weighted by Gasteiger charge is 2.50. The van der Waals surface area contributed by atoms with Gasteiger partial charge >= 0.3 is 8.80 Å². The van der Waals surface area contributed by atoms with E-state index in [0.717, 1.165) is 12.1 Å². The van der Waals surface area contributed by atoms with Crippen molar-refractivity contribution in [3.8, 4) is 0 Å². The fourth-order valence-electron chi connectivity index (χ4n) is 2.52. The summed E-state index contributed by atoms with van der Waals surface area (Å²) in [5.74, 6) is 0. The molecule has 0 rings (SSSR count). The normalized spacial score (nSPS) is 14.3.